The predicted molar refractivity (Wildman–Crippen MR) is 115 cm³/mol. The van der Waals surface area contributed by atoms with Crippen molar-refractivity contribution in [2.45, 2.75) is 22.6 Å². The molecule has 0 spiro atoms. The summed E-state index contributed by atoms with van der Waals surface area (Å²) < 4.78 is 59.6. The molecule has 4 rings (SSSR count). The molecule has 2 saturated heterocycles. The number of rotatable bonds is 6. The van der Waals surface area contributed by atoms with Gasteiger partial charge in [0.1, 0.15) is 0 Å². The van der Waals surface area contributed by atoms with Gasteiger partial charge in [-0.1, -0.05) is 0 Å². The van der Waals surface area contributed by atoms with Crippen LogP contribution in [0.25, 0.3) is 0 Å². The van der Waals surface area contributed by atoms with Crippen LogP contribution in [0.5, 0.6) is 0 Å². The van der Waals surface area contributed by atoms with Gasteiger partial charge in [-0.25, -0.2) is 16.8 Å². The van der Waals surface area contributed by atoms with Crippen LogP contribution in [0.3, 0.4) is 0 Å². The minimum atomic E-state index is -3.96. The van der Waals surface area contributed by atoms with Gasteiger partial charge in [0, 0.05) is 31.6 Å². The van der Waals surface area contributed by atoms with Crippen LogP contribution < -0.4 is 9.62 Å². The van der Waals surface area contributed by atoms with Gasteiger partial charge in [0.05, 0.1) is 28.7 Å². The molecule has 2 fully saturated rings. The van der Waals surface area contributed by atoms with Crippen molar-refractivity contribution in [2.24, 2.45) is 0 Å². The molecule has 0 saturated carbocycles. The van der Waals surface area contributed by atoms with E-state index in [1.807, 2.05) is 0 Å². The molecule has 2 heterocycles. The summed E-state index contributed by atoms with van der Waals surface area (Å²) in [7, 11) is -7.64. The number of carbonyl (C=O) groups is 2. The van der Waals surface area contributed by atoms with Gasteiger partial charge in [0.2, 0.25) is 21.8 Å². The topological polar surface area (TPSA) is 130 Å². The standard InChI is InChI=1S/C20H21N3O7S2/c24-19-9-10-20(25)23(19)16-3-7-17(8-4-16)31(26,27)21-15-1-5-18(6-2-15)32(28,29)22-11-13-30-14-12-22/h1-8,21H,9-14H2. The fourth-order valence-electron chi connectivity index (χ4n) is 3.48. The van der Waals surface area contributed by atoms with Gasteiger partial charge >= 0.3 is 0 Å². The highest BCUT2D eigenvalue weighted by molar-refractivity contribution is 7.92. The van der Waals surface area contributed by atoms with Gasteiger partial charge in [-0.3, -0.25) is 19.2 Å². The second-order valence-corrected chi connectivity index (χ2v) is 10.9. The lowest BCUT2D eigenvalue weighted by Crippen LogP contribution is -2.40. The lowest BCUT2D eigenvalue weighted by molar-refractivity contribution is -0.121. The maximum absolute atomic E-state index is 12.7. The minimum Gasteiger partial charge on any atom is -0.379 e. The summed E-state index contributed by atoms with van der Waals surface area (Å²) in [6.07, 6.45) is 0.273. The van der Waals surface area contributed by atoms with Gasteiger partial charge in [0.25, 0.3) is 10.0 Å². The van der Waals surface area contributed by atoms with Crippen LogP contribution in [0.2, 0.25) is 0 Å². The number of ether oxygens (including phenoxy) is 1. The largest absolute Gasteiger partial charge is 0.379 e. The summed E-state index contributed by atoms with van der Waals surface area (Å²) in [6.45, 7) is 1.19. The van der Waals surface area contributed by atoms with Crippen LogP contribution in [-0.2, 0) is 34.4 Å². The first kappa shape index (κ1) is 22.4. The quantitative estimate of drug-likeness (QED) is 0.615. The Bertz CT molecular complexity index is 1220. The maximum Gasteiger partial charge on any atom is 0.261 e. The number of sulfonamides is 2. The van der Waals surface area contributed by atoms with Crippen LogP contribution >= 0.6 is 0 Å². The van der Waals surface area contributed by atoms with Crippen molar-refractivity contribution < 1.29 is 31.2 Å². The number of anilines is 2. The maximum atomic E-state index is 12.7. The SMILES string of the molecule is O=C1CCC(=O)N1c1ccc(S(=O)(=O)Nc2ccc(S(=O)(=O)N3CCOCC3)cc2)cc1. The Hall–Kier alpha value is -2.80. The Morgan fingerprint density at radius 2 is 1.28 bits per heavy atom. The molecular weight excluding hydrogens is 458 g/mol. The molecule has 0 aliphatic carbocycles. The number of nitrogens with zero attached hydrogens (tertiary/aromatic N) is 2. The van der Waals surface area contributed by atoms with Crippen molar-refractivity contribution in [2.75, 3.05) is 35.9 Å². The minimum absolute atomic E-state index is 0.0617. The van der Waals surface area contributed by atoms with Crippen molar-refractivity contribution in [1.29, 1.82) is 0 Å². The summed E-state index contributed by atoms with van der Waals surface area (Å²) in [6, 6.07) is 10.8. The first-order chi connectivity index (χ1) is 15.2. The third-order valence-corrected chi connectivity index (χ3v) is 8.48. The van der Waals surface area contributed by atoms with Crippen molar-refractivity contribution in [3.05, 3.63) is 48.5 Å². The van der Waals surface area contributed by atoms with E-state index in [4.69, 9.17) is 4.74 Å². The summed E-state index contributed by atoms with van der Waals surface area (Å²) in [5.41, 5.74) is 0.508. The summed E-state index contributed by atoms with van der Waals surface area (Å²) >= 11 is 0. The molecule has 32 heavy (non-hydrogen) atoms. The number of carbonyl (C=O) groups excluding carboxylic acids is 2. The number of imide groups is 1. The fraction of sp³-hybridized carbons (Fsp3) is 0.300. The first-order valence-electron chi connectivity index (χ1n) is 9.85. The number of amides is 2. The molecular formula is C20H21N3O7S2. The Labute approximate surface area is 185 Å². The molecule has 10 nitrogen and oxygen atoms in total. The molecule has 0 bridgehead atoms. The molecule has 2 aliphatic rings. The lowest BCUT2D eigenvalue weighted by Gasteiger charge is -2.26. The highest BCUT2D eigenvalue weighted by Crippen LogP contribution is 2.25. The van der Waals surface area contributed by atoms with Crippen LogP contribution in [0.1, 0.15) is 12.8 Å². The van der Waals surface area contributed by atoms with Crippen LogP contribution in [0, 0.1) is 0 Å². The van der Waals surface area contributed by atoms with Crippen molar-refractivity contribution in [3.63, 3.8) is 0 Å². The average molecular weight is 480 g/mol. The number of nitrogens with one attached hydrogen (secondary N) is 1. The molecule has 2 aliphatic heterocycles. The highest BCUT2D eigenvalue weighted by atomic mass is 32.2. The molecule has 0 radical (unpaired) electrons. The van der Waals surface area contributed by atoms with Gasteiger partial charge < -0.3 is 4.74 Å². The van der Waals surface area contributed by atoms with Crippen molar-refractivity contribution in [3.8, 4) is 0 Å². The zero-order valence-corrected chi connectivity index (χ0v) is 18.6. The molecule has 12 heteroatoms. The van der Waals surface area contributed by atoms with E-state index in [9.17, 15) is 26.4 Å². The highest BCUT2D eigenvalue weighted by Gasteiger charge is 2.30. The van der Waals surface area contributed by atoms with Crippen LogP contribution in [-0.4, -0.2) is 59.3 Å². The number of hydrogen-bond acceptors (Lipinski definition) is 7. The Balaban J connectivity index is 1.48. The molecule has 0 atom stereocenters. The van der Waals surface area contributed by atoms with Gasteiger partial charge in [-0.15, -0.1) is 0 Å². The van der Waals surface area contributed by atoms with E-state index >= 15 is 0 Å². The Kier molecular flexibility index (Phi) is 6.03. The van der Waals surface area contributed by atoms with E-state index in [1.165, 1.54) is 52.8 Å². The summed E-state index contributed by atoms with van der Waals surface area (Å²) in [4.78, 5) is 24.7. The second-order valence-electron chi connectivity index (χ2n) is 7.26. The molecule has 170 valence electrons. The van der Waals surface area contributed by atoms with Gasteiger partial charge in [-0.2, -0.15) is 4.31 Å². The van der Waals surface area contributed by atoms with E-state index < -0.39 is 20.0 Å². The third kappa shape index (κ3) is 4.39. The Morgan fingerprint density at radius 3 is 1.84 bits per heavy atom. The lowest BCUT2D eigenvalue weighted by atomic mass is 10.3. The molecule has 0 unspecified atom stereocenters. The number of benzene rings is 2. The van der Waals surface area contributed by atoms with Crippen molar-refractivity contribution >= 4 is 43.2 Å². The zero-order valence-electron chi connectivity index (χ0n) is 16.9. The Morgan fingerprint density at radius 1 is 0.750 bits per heavy atom. The predicted octanol–water partition coefficient (Wildman–Crippen LogP) is 1.16. The number of morpholine rings is 1. The normalized spacial score (nSPS) is 18.2. The smallest absolute Gasteiger partial charge is 0.261 e. The second kappa shape index (κ2) is 8.62. The zero-order chi connectivity index (χ0) is 22.9. The van der Waals surface area contributed by atoms with Gasteiger partial charge in [0.15, 0.2) is 0 Å². The van der Waals surface area contributed by atoms with Crippen LogP contribution in [0.4, 0.5) is 11.4 Å². The molecule has 2 aromatic carbocycles. The fourth-order valence-corrected chi connectivity index (χ4v) is 5.95. The molecule has 2 amide bonds. The van der Waals surface area contributed by atoms with E-state index in [1.54, 1.807) is 0 Å². The van der Waals surface area contributed by atoms with Gasteiger partial charge in [-0.05, 0) is 48.5 Å². The monoisotopic (exact) mass is 479 g/mol. The molecule has 2 aromatic rings. The van der Waals surface area contributed by atoms with E-state index in [0.717, 1.165) is 4.90 Å². The van der Waals surface area contributed by atoms with Crippen LogP contribution in [0.15, 0.2) is 58.3 Å². The molecule has 1 N–H and O–H groups in total. The average Bonchev–Trinajstić information content (AvgIpc) is 3.12. The van der Waals surface area contributed by atoms with E-state index in [-0.39, 0.29) is 53.2 Å². The van der Waals surface area contributed by atoms with E-state index in [2.05, 4.69) is 4.72 Å². The molecule has 0 aromatic heterocycles. The first-order valence-corrected chi connectivity index (χ1v) is 12.8. The third-order valence-electron chi connectivity index (χ3n) is 5.17. The summed E-state index contributed by atoms with van der Waals surface area (Å²) in [5, 5.41) is 0. The van der Waals surface area contributed by atoms with Crippen molar-refractivity contribution in [1.82, 2.24) is 4.31 Å². The number of hydrogen-bond donors (Lipinski definition) is 1. The van der Waals surface area contributed by atoms with E-state index in [0.29, 0.717) is 18.9 Å². The summed E-state index contributed by atoms with van der Waals surface area (Å²) in [5.74, 6) is -0.647.